The maximum atomic E-state index is 12.2. The van der Waals surface area contributed by atoms with Gasteiger partial charge < -0.3 is 10.4 Å². The number of aromatic hydroxyl groups is 1. The first kappa shape index (κ1) is 18.3. The van der Waals surface area contributed by atoms with Crippen LogP contribution in [0.1, 0.15) is 10.4 Å². The number of rotatable bonds is 2. The molecule has 4 nitrogen and oxygen atoms in total. The van der Waals surface area contributed by atoms with Gasteiger partial charge in [0.15, 0.2) is 10.9 Å². The lowest BCUT2D eigenvalue weighted by molar-refractivity contribution is 0.0978. The molecule has 0 fully saturated rings. The monoisotopic (exact) mass is 452 g/mol. The Morgan fingerprint density at radius 2 is 1.83 bits per heavy atom. The Morgan fingerprint density at radius 1 is 1.13 bits per heavy atom. The normalized spacial score (nSPS) is 10.3. The number of hydrogen-bond donors (Lipinski definition) is 3. The Labute approximate surface area is 160 Å². The van der Waals surface area contributed by atoms with E-state index in [4.69, 9.17) is 47.0 Å². The molecule has 0 saturated carbocycles. The Bertz CT molecular complexity index is 802. The maximum Gasteiger partial charge on any atom is 0.258 e. The Hall–Kier alpha value is -1.05. The average Bonchev–Trinajstić information content (AvgIpc) is 2.46. The molecule has 0 unspecified atom stereocenters. The Morgan fingerprint density at radius 3 is 2.52 bits per heavy atom. The van der Waals surface area contributed by atoms with E-state index in [9.17, 15) is 9.90 Å². The fourth-order valence-electron chi connectivity index (χ4n) is 1.66. The predicted octanol–water partition coefficient (Wildman–Crippen LogP) is 5.24. The summed E-state index contributed by atoms with van der Waals surface area (Å²) in [6, 6.07) is 7.66. The van der Waals surface area contributed by atoms with Gasteiger partial charge in [-0.25, -0.2) is 0 Å². The van der Waals surface area contributed by atoms with Crippen LogP contribution in [0.3, 0.4) is 0 Å². The van der Waals surface area contributed by atoms with Gasteiger partial charge in [0, 0.05) is 9.50 Å². The highest BCUT2D eigenvalue weighted by molar-refractivity contribution is 9.10. The highest BCUT2D eigenvalue weighted by Crippen LogP contribution is 2.34. The van der Waals surface area contributed by atoms with Gasteiger partial charge in [0.2, 0.25) is 0 Å². The number of carbonyl (C=O) groups excluding carboxylic acids is 1. The van der Waals surface area contributed by atoms with Gasteiger partial charge in [0.1, 0.15) is 0 Å². The Kier molecular flexibility index (Phi) is 6.11. The fraction of sp³-hybridized carbons (Fsp3) is 0. The van der Waals surface area contributed by atoms with Crippen LogP contribution in [0.15, 0.2) is 34.8 Å². The molecule has 2 aromatic rings. The molecule has 0 bridgehead atoms. The molecular formula is C14H8BrCl3N2O2S. The number of halogens is 4. The third-order valence-corrected chi connectivity index (χ3v) is 4.21. The molecule has 0 aromatic heterocycles. The number of benzene rings is 2. The second kappa shape index (κ2) is 7.68. The van der Waals surface area contributed by atoms with E-state index in [-0.39, 0.29) is 32.2 Å². The van der Waals surface area contributed by atoms with Crippen molar-refractivity contribution >= 4 is 79.7 Å². The van der Waals surface area contributed by atoms with Crippen LogP contribution in [0.25, 0.3) is 0 Å². The summed E-state index contributed by atoms with van der Waals surface area (Å²) < 4.78 is 0.699. The van der Waals surface area contributed by atoms with Crippen molar-refractivity contribution in [2.45, 2.75) is 0 Å². The summed E-state index contributed by atoms with van der Waals surface area (Å²) in [5.41, 5.74) is 0.423. The van der Waals surface area contributed by atoms with Gasteiger partial charge in [-0.15, -0.1) is 0 Å². The first-order valence-electron chi connectivity index (χ1n) is 6.03. The summed E-state index contributed by atoms with van der Waals surface area (Å²) in [6.07, 6.45) is 0. The van der Waals surface area contributed by atoms with Crippen molar-refractivity contribution in [1.29, 1.82) is 0 Å². The van der Waals surface area contributed by atoms with Crippen molar-refractivity contribution in [2.24, 2.45) is 0 Å². The maximum absolute atomic E-state index is 12.2. The van der Waals surface area contributed by atoms with Crippen molar-refractivity contribution < 1.29 is 9.90 Å². The van der Waals surface area contributed by atoms with Crippen LogP contribution in [0.4, 0.5) is 5.69 Å². The van der Waals surface area contributed by atoms with Gasteiger partial charge >= 0.3 is 0 Å². The molecule has 0 aliphatic heterocycles. The number of anilines is 1. The summed E-state index contributed by atoms with van der Waals surface area (Å²) in [7, 11) is 0. The molecule has 23 heavy (non-hydrogen) atoms. The molecule has 0 aliphatic carbocycles. The van der Waals surface area contributed by atoms with Crippen LogP contribution >= 0.6 is 63.0 Å². The number of hydrogen-bond acceptors (Lipinski definition) is 3. The zero-order valence-corrected chi connectivity index (χ0v) is 15.8. The van der Waals surface area contributed by atoms with E-state index in [1.54, 1.807) is 18.2 Å². The summed E-state index contributed by atoms with van der Waals surface area (Å²) in [6.45, 7) is 0. The van der Waals surface area contributed by atoms with Gasteiger partial charge in [-0.05, 0) is 42.5 Å². The van der Waals surface area contributed by atoms with E-state index >= 15 is 0 Å². The van der Waals surface area contributed by atoms with E-state index < -0.39 is 5.91 Å². The summed E-state index contributed by atoms with van der Waals surface area (Å²) in [5.74, 6) is -0.727. The molecular weight excluding hydrogens is 446 g/mol. The SMILES string of the molecule is O=C(NC(=S)Nc1cc(Cl)cc(Cl)c1O)c1cc(Br)ccc1Cl. The first-order valence-corrected chi connectivity index (χ1v) is 8.37. The third kappa shape index (κ3) is 4.71. The van der Waals surface area contributed by atoms with Gasteiger partial charge in [-0.3, -0.25) is 10.1 Å². The third-order valence-electron chi connectivity index (χ3n) is 2.68. The first-order chi connectivity index (χ1) is 10.8. The fourth-order valence-corrected chi connectivity index (χ4v) is 2.92. The number of thiocarbonyl (C=S) groups is 1. The zero-order chi connectivity index (χ0) is 17.1. The van der Waals surface area contributed by atoms with Crippen LogP contribution in [0.2, 0.25) is 15.1 Å². The van der Waals surface area contributed by atoms with Crippen molar-refractivity contribution in [1.82, 2.24) is 5.32 Å². The van der Waals surface area contributed by atoms with E-state index in [0.29, 0.717) is 9.50 Å². The summed E-state index contributed by atoms with van der Waals surface area (Å²) in [4.78, 5) is 12.2. The number of phenolic OH excluding ortho intramolecular Hbond substituents is 1. The van der Waals surface area contributed by atoms with Crippen LogP contribution < -0.4 is 10.6 Å². The lowest BCUT2D eigenvalue weighted by Crippen LogP contribution is -2.34. The lowest BCUT2D eigenvalue weighted by Gasteiger charge is -2.12. The molecule has 0 atom stereocenters. The zero-order valence-electron chi connectivity index (χ0n) is 11.2. The molecule has 0 saturated heterocycles. The van der Waals surface area contributed by atoms with Crippen LogP contribution in [0, 0.1) is 0 Å². The highest BCUT2D eigenvalue weighted by atomic mass is 79.9. The van der Waals surface area contributed by atoms with Gasteiger partial charge in [-0.1, -0.05) is 50.7 Å². The number of carbonyl (C=O) groups is 1. The van der Waals surface area contributed by atoms with E-state index in [1.807, 2.05) is 0 Å². The smallest absolute Gasteiger partial charge is 0.258 e. The summed E-state index contributed by atoms with van der Waals surface area (Å²) >= 11 is 26.0. The minimum absolute atomic E-state index is 0.0420. The van der Waals surface area contributed by atoms with E-state index in [2.05, 4.69) is 26.6 Å². The van der Waals surface area contributed by atoms with Gasteiger partial charge in [-0.2, -0.15) is 0 Å². The number of nitrogens with one attached hydrogen (secondary N) is 2. The molecule has 0 radical (unpaired) electrons. The van der Waals surface area contributed by atoms with Crippen molar-refractivity contribution in [2.75, 3.05) is 5.32 Å². The van der Waals surface area contributed by atoms with Gasteiger partial charge in [0.25, 0.3) is 5.91 Å². The summed E-state index contributed by atoms with van der Waals surface area (Å²) in [5, 5.41) is 15.6. The molecule has 0 spiro atoms. The van der Waals surface area contributed by atoms with Crippen molar-refractivity contribution in [3.05, 3.63) is 55.4 Å². The topological polar surface area (TPSA) is 61.4 Å². The minimum atomic E-state index is -0.499. The molecule has 0 heterocycles. The molecule has 9 heteroatoms. The predicted molar refractivity (Wildman–Crippen MR) is 101 cm³/mol. The number of amides is 1. The number of phenols is 1. The van der Waals surface area contributed by atoms with Crippen molar-refractivity contribution in [3.63, 3.8) is 0 Å². The van der Waals surface area contributed by atoms with Crippen molar-refractivity contribution in [3.8, 4) is 5.75 Å². The second-order valence-corrected chi connectivity index (χ2v) is 6.89. The molecule has 2 rings (SSSR count). The molecule has 0 aliphatic rings. The Balaban J connectivity index is 2.14. The quantitative estimate of drug-likeness (QED) is 0.429. The lowest BCUT2D eigenvalue weighted by atomic mass is 10.2. The largest absolute Gasteiger partial charge is 0.504 e. The van der Waals surface area contributed by atoms with E-state index in [1.165, 1.54) is 12.1 Å². The van der Waals surface area contributed by atoms with Crippen LogP contribution in [-0.2, 0) is 0 Å². The van der Waals surface area contributed by atoms with E-state index in [0.717, 1.165) is 0 Å². The minimum Gasteiger partial charge on any atom is -0.504 e. The molecule has 120 valence electrons. The molecule has 1 amide bonds. The molecule has 2 aromatic carbocycles. The second-order valence-electron chi connectivity index (χ2n) is 4.32. The molecule has 3 N–H and O–H groups in total. The standard InChI is InChI=1S/C14H8BrCl3N2O2S/c15-6-1-2-9(17)8(3-6)13(22)20-14(23)19-11-5-7(16)4-10(18)12(11)21/h1-5,21H,(H2,19,20,22,23). The van der Waals surface area contributed by atoms with Gasteiger partial charge in [0.05, 0.1) is 21.3 Å². The van der Waals surface area contributed by atoms with Crippen LogP contribution in [0.5, 0.6) is 5.75 Å². The van der Waals surface area contributed by atoms with Crippen LogP contribution in [-0.4, -0.2) is 16.1 Å². The average molecular weight is 455 g/mol. The highest BCUT2D eigenvalue weighted by Gasteiger charge is 2.14.